The van der Waals surface area contributed by atoms with Crippen molar-refractivity contribution < 1.29 is 9.59 Å². The second-order valence-electron chi connectivity index (χ2n) is 6.35. The molecule has 0 saturated carbocycles. The molecule has 0 bridgehead atoms. The first kappa shape index (κ1) is 18.1. The van der Waals surface area contributed by atoms with Gasteiger partial charge < -0.3 is 0 Å². The Kier molecular flexibility index (Phi) is 4.11. The summed E-state index contributed by atoms with van der Waals surface area (Å²) in [5.41, 5.74) is 0.963. The molecule has 0 saturated heterocycles. The maximum absolute atomic E-state index is 12.9. The molecule has 28 heavy (non-hydrogen) atoms. The molecule has 0 spiro atoms. The lowest BCUT2D eigenvalue weighted by molar-refractivity contribution is -0.121. The van der Waals surface area contributed by atoms with Gasteiger partial charge in [-0.2, -0.15) is 0 Å². The minimum Gasteiger partial charge on any atom is -0.274 e. The number of aliphatic imine (C=N–C) groups is 1. The van der Waals surface area contributed by atoms with Crippen molar-refractivity contribution >= 4 is 55.6 Å². The van der Waals surface area contributed by atoms with E-state index >= 15 is 0 Å². The first-order chi connectivity index (χ1) is 13.3. The molecule has 2 heterocycles. The largest absolute Gasteiger partial charge is 0.284 e. The van der Waals surface area contributed by atoms with E-state index in [2.05, 4.69) is 31.1 Å². The van der Waals surface area contributed by atoms with Gasteiger partial charge in [0.2, 0.25) is 5.91 Å². The van der Waals surface area contributed by atoms with Crippen molar-refractivity contribution in [2.75, 3.05) is 4.90 Å². The normalized spacial score (nSPS) is 14.8. The van der Waals surface area contributed by atoms with Gasteiger partial charge in [-0.15, -0.1) is 0 Å². The number of nitrogens with one attached hydrogen (secondary N) is 2. The monoisotopic (exact) mass is 440 g/mol. The number of benzene rings is 2. The average molecular weight is 441 g/mol. The number of imide groups is 1. The number of aromatic nitrogens is 2. The summed E-state index contributed by atoms with van der Waals surface area (Å²) in [6, 6.07) is 8.06. The van der Waals surface area contributed by atoms with Gasteiger partial charge in [-0.1, -0.05) is 22.0 Å². The van der Waals surface area contributed by atoms with Crippen molar-refractivity contribution in [1.82, 2.24) is 10.2 Å². The van der Waals surface area contributed by atoms with Gasteiger partial charge in [0, 0.05) is 17.0 Å². The van der Waals surface area contributed by atoms with Crippen LogP contribution in [0, 0.1) is 6.92 Å². The predicted octanol–water partition coefficient (Wildman–Crippen LogP) is 2.30. The zero-order chi connectivity index (χ0) is 20.2. The summed E-state index contributed by atoms with van der Waals surface area (Å²) in [4.78, 5) is 54.7. The van der Waals surface area contributed by atoms with Gasteiger partial charge in [0.1, 0.15) is 5.71 Å². The summed E-state index contributed by atoms with van der Waals surface area (Å²) in [6.45, 7) is 3.14. The van der Waals surface area contributed by atoms with Crippen LogP contribution in [0.5, 0.6) is 0 Å². The van der Waals surface area contributed by atoms with Crippen LogP contribution in [-0.2, 0) is 9.59 Å². The molecule has 0 unspecified atom stereocenters. The Balaban J connectivity index is 2.04. The molecule has 0 atom stereocenters. The van der Waals surface area contributed by atoms with Crippen molar-refractivity contribution in [3.63, 3.8) is 0 Å². The standard InChI is InChI=1S/C19H13BrN4O4/c1-8-6-11-14(7-12(8)20)24(9(2)25)19(28)16(11)21-13-5-3-4-10-15(13)18(27)23-22-17(10)26/h3-7H,1-2H3,(H,22,26)(H,23,27). The van der Waals surface area contributed by atoms with Crippen LogP contribution in [0.4, 0.5) is 11.4 Å². The summed E-state index contributed by atoms with van der Waals surface area (Å²) < 4.78 is 0.750. The number of carbonyl (C=O) groups excluding carboxylic acids is 2. The lowest BCUT2D eigenvalue weighted by Gasteiger charge is -2.12. The average Bonchev–Trinajstić information content (AvgIpc) is 2.90. The second kappa shape index (κ2) is 6.38. The smallest absolute Gasteiger partial charge is 0.274 e. The molecule has 1 aliphatic heterocycles. The van der Waals surface area contributed by atoms with E-state index in [-0.39, 0.29) is 22.2 Å². The van der Waals surface area contributed by atoms with E-state index in [1.54, 1.807) is 24.3 Å². The number of nitrogens with zero attached hydrogens (tertiary/aromatic N) is 2. The number of rotatable bonds is 1. The Labute approximate surface area is 166 Å². The summed E-state index contributed by atoms with van der Waals surface area (Å²) in [5, 5.41) is 4.75. The highest BCUT2D eigenvalue weighted by Crippen LogP contribution is 2.35. The molecule has 2 amide bonds. The maximum Gasteiger partial charge on any atom is 0.284 e. The summed E-state index contributed by atoms with van der Waals surface area (Å²) in [5.74, 6) is -1.03. The maximum atomic E-state index is 12.9. The summed E-state index contributed by atoms with van der Waals surface area (Å²) >= 11 is 3.41. The van der Waals surface area contributed by atoms with Crippen LogP contribution in [0.15, 0.2) is 49.4 Å². The molecule has 140 valence electrons. The quantitative estimate of drug-likeness (QED) is 0.603. The van der Waals surface area contributed by atoms with E-state index in [0.717, 1.165) is 14.9 Å². The van der Waals surface area contributed by atoms with Gasteiger partial charge in [0.05, 0.1) is 22.1 Å². The third-order valence-electron chi connectivity index (χ3n) is 4.53. The van der Waals surface area contributed by atoms with Crippen molar-refractivity contribution in [3.8, 4) is 0 Å². The minimum atomic E-state index is -0.585. The minimum absolute atomic E-state index is 0.0352. The van der Waals surface area contributed by atoms with Crippen LogP contribution < -0.4 is 16.0 Å². The van der Waals surface area contributed by atoms with Crippen LogP contribution in [-0.4, -0.2) is 27.7 Å². The first-order valence-electron chi connectivity index (χ1n) is 8.27. The molecule has 0 fully saturated rings. The van der Waals surface area contributed by atoms with Crippen molar-refractivity contribution in [3.05, 3.63) is 66.6 Å². The SMILES string of the molecule is CC(=O)N1C(=O)C(=Nc2cccc3c(=O)[nH][nH]c(=O)c23)c2cc(C)c(Br)cc21. The Bertz CT molecular complexity index is 1340. The van der Waals surface area contributed by atoms with Gasteiger partial charge in [-0.05, 0) is 36.8 Å². The number of carbonyl (C=O) groups is 2. The topological polar surface area (TPSA) is 115 Å². The Morgan fingerprint density at radius 3 is 2.54 bits per heavy atom. The summed E-state index contributed by atoms with van der Waals surface area (Å²) in [7, 11) is 0. The number of H-pyrrole nitrogens is 2. The fourth-order valence-electron chi connectivity index (χ4n) is 3.22. The van der Waals surface area contributed by atoms with E-state index in [1.165, 1.54) is 13.0 Å². The lowest BCUT2D eigenvalue weighted by atomic mass is 10.1. The highest BCUT2D eigenvalue weighted by Gasteiger charge is 2.37. The highest BCUT2D eigenvalue weighted by molar-refractivity contribution is 9.10. The number of anilines is 1. The third kappa shape index (κ3) is 2.63. The van der Waals surface area contributed by atoms with Crippen LogP contribution in [0.1, 0.15) is 18.1 Å². The van der Waals surface area contributed by atoms with Crippen LogP contribution in [0.25, 0.3) is 10.8 Å². The number of hydrogen-bond acceptors (Lipinski definition) is 5. The molecule has 2 aromatic carbocycles. The van der Waals surface area contributed by atoms with E-state index in [1.807, 2.05) is 6.92 Å². The zero-order valence-corrected chi connectivity index (χ0v) is 16.4. The van der Waals surface area contributed by atoms with Crippen molar-refractivity contribution in [2.24, 2.45) is 4.99 Å². The molecule has 1 aromatic heterocycles. The zero-order valence-electron chi connectivity index (χ0n) is 14.8. The van der Waals surface area contributed by atoms with Gasteiger partial charge in [0.15, 0.2) is 0 Å². The van der Waals surface area contributed by atoms with E-state index < -0.39 is 22.9 Å². The fourth-order valence-corrected chi connectivity index (χ4v) is 3.55. The number of halogens is 1. The van der Waals surface area contributed by atoms with Crippen LogP contribution in [0.3, 0.4) is 0 Å². The van der Waals surface area contributed by atoms with Crippen molar-refractivity contribution in [1.29, 1.82) is 0 Å². The van der Waals surface area contributed by atoms with Gasteiger partial charge >= 0.3 is 0 Å². The first-order valence-corrected chi connectivity index (χ1v) is 9.07. The third-order valence-corrected chi connectivity index (χ3v) is 5.38. The van der Waals surface area contributed by atoms with Crippen molar-refractivity contribution in [2.45, 2.75) is 13.8 Å². The molecule has 9 heteroatoms. The number of aryl methyl sites for hydroxylation is 1. The molecule has 3 aromatic rings. The Hall–Kier alpha value is -3.33. The second-order valence-corrected chi connectivity index (χ2v) is 7.20. The number of fused-ring (bicyclic) bond motifs is 2. The van der Waals surface area contributed by atoms with Gasteiger partial charge in [0.25, 0.3) is 17.0 Å². The molecule has 2 N–H and O–H groups in total. The molecule has 8 nitrogen and oxygen atoms in total. The van der Waals surface area contributed by atoms with E-state index in [9.17, 15) is 19.2 Å². The highest BCUT2D eigenvalue weighted by atomic mass is 79.9. The number of amides is 2. The molecular weight excluding hydrogens is 428 g/mol. The van der Waals surface area contributed by atoms with Crippen LogP contribution >= 0.6 is 15.9 Å². The fraction of sp³-hybridized carbons (Fsp3) is 0.105. The van der Waals surface area contributed by atoms with Gasteiger partial charge in [-0.3, -0.25) is 29.4 Å². The molecule has 0 aliphatic carbocycles. The lowest BCUT2D eigenvalue weighted by Crippen LogP contribution is -2.34. The predicted molar refractivity (Wildman–Crippen MR) is 108 cm³/mol. The number of hydrogen-bond donors (Lipinski definition) is 2. The Morgan fingerprint density at radius 2 is 1.82 bits per heavy atom. The summed E-state index contributed by atoms with van der Waals surface area (Å²) in [6.07, 6.45) is 0. The molecular formula is C19H13BrN4O4. The molecule has 4 rings (SSSR count). The van der Waals surface area contributed by atoms with Crippen LogP contribution in [0.2, 0.25) is 0 Å². The van der Waals surface area contributed by atoms with E-state index in [4.69, 9.17) is 0 Å². The van der Waals surface area contributed by atoms with E-state index in [0.29, 0.717) is 11.3 Å². The number of aromatic amines is 2. The Morgan fingerprint density at radius 1 is 1.11 bits per heavy atom. The molecule has 0 radical (unpaired) electrons. The molecule has 1 aliphatic rings. The van der Waals surface area contributed by atoms with Gasteiger partial charge in [-0.25, -0.2) is 9.89 Å².